The molecule has 29 heavy (non-hydrogen) atoms. The van der Waals surface area contributed by atoms with Crippen molar-refractivity contribution in [3.05, 3.63) is 108 Å². The van der Waals surface area contributed by atoms with Crippen LogP contribution in [0.4, 0.5) is 0 Å². The number of benzene rings is 4. The zero-order valence-electron chi connectivity index (χ0n) is 15.9. The molecule has 1 aliphatic carbocycles. The fourth-order valence-corrected chi connectivity index (χ4v) is 4.48. The Hall–Kier alpha value is -3.65. The van der Waals surface area contributed by atoms with Crippen molar-refractivity contribution < 1.29 is 9.90 Å². The summed E-state index contributed by atoms with van der Waals surface area (Å²) in [6.45, 7) is 0. The van der Waals surface area contributed by atoms with Crippen LogP contribution in [-0.2, 0) is 17.6 Å². The number of hydrogen-bond acceptors (Lipinski definition) is 1. The number of fused-ring (bicyclic) bond motifs is 3. The molecule has 1 N–H and O–H groups in total. The van der Waals surface area contributed by atoms with Gasteiger partial charge in [0, 0.05) is 0 Å². The van der Waals surface area contributed by atoms with E-state index >= 15 is 0 Å². The highest BCUT2D eigenvalue weighted by atomic mass is 16.4. The number of carbonyl (C=O) groups is 1. The number of carboxylic acid groups (broad SMARTS) is 1. The first kappa shape index (κ1) is 17.4. The molecule has 0 fully saturated rings. The summed E-state index contributed by atoms with van der Waals surface area (Å²) >= 11 is 0. The molecule has 1 aliphatic rings. The fourth-order valence-electron chi connectivity index (χ4n) is 4.48. The maximum atomic E-state index is 11.6. The summed E-state index contributed by atoms with van der Waals surface area (Å²) in [5, 5.41) is 9.54. The molecule has 2 heteroatoms. The molecule has 0 heterocycles. The molecule has 4 aromatic rings. The Morgan fingerprint density at radius 2 is 1.34 bits per heavy atom. The van der Waals surface area contributed by atoms with Gasteiger partial charge in [0.2, 0.25) is 0 Å². The highest BCUT2D eigenvalue weighted by Gasteiger charge is 2.24. The van der Waals surface area contributed by atoms with Crippen LogP contribution in [0.25, 0.3) is 33.4 Å². The van der Waals surface area contributed by atoms with Crippen LogP contribution in [0.3, 0.4) is 0 Å². The molecule has 140 valence electrons. The lowest BCUT2D eigenvalue weighted by molar-refractivity contribution is -0.136. The average molecular weight is 376 g/mol. The van der Waals surface area contributed by atoms with Gasteiger partial charge in [-0.2, -0.15) is 0 Å². The molecule has 0 saturated heterocycles. The molecule has 0 aliphatic heterocycles. The number of aliphatic carboxylic acids is 1. The van der Waals surface area contributed by atoms with Gasteiger partial charge < -0.3 is 5.11 Å². The van der Waals surface area contributed by atoms with E-state index in [1.54, 1.807) is 0 Å². The molecule has 0 amide bonds. The normalized spacial score (nSPS) is 11.7. The molecule has 0 unspecified atom stereocenters. The van der Waals surface area contributed by atoms with Gasteiger partial charge in [0.25, 0.3) is 0 Å². The second-order valence-corrected chi connectivity index (χ2v) is 7.44. The zero-order valence-corrected chi connectivity index (χ0v) is 15.9. The van der Waals surface area contributed by atoms with Crippen molar-refractivity contribution in [3.8, 4) is 33.4 Å². The summed E-state index contributed by atoms with van der Waals surface area (Å²) in [5.41, 5.74) is 10.3. The molecular weight excluding hydrogens is 356 g/mol. The van der Waals surface area contributed by atoms with Gasteiger partial charge in [-0.15, -0.1) is 0 Å². The van der Waals surface area contributed by atoms with Gasteiger partial charge in [-0.05, 0) is 56.5 Å². The van der Waals surface area contributed by atoms with Crippen molar-refractivity contribution in [1.82, 2.24) is 0 Å². The lowest BCUT2D eigenvalue weighted by Gasteiger charge is -2.18. The van der Waals surface area contributed by atoms with Crippen LogP contribution in [-0.4, -0.2) is 11.1 Å². The Labute approximate surface area is 170 Å². The van der Waals surface area contributed by atoms with Gasteiger partial charge in [-0.1, -0.05) is 91.0 Å². The van der Waals surface area contributed by atoms with E-state index in [4.69, 9.17) is 0 Å². The van der Waals surface area contributed by atoms with E-state index in [9.17, 15) is 9.90 Å². The van der Waals surface area contributed by atoms with Crippen LogP contribution >= 0.6 is 0 Å². The lowest BCUT2D eigenvalue weighted by atomic mass is 9.86. The molecule has 5 rings (SSSR count). The molecule has 0 atom stereocenters. The predicted octanol–water partition coefficient (Wildman–Crippen LogP) is 6.22. The first-order valence-corrected chi connectivity index (χ1v) is 9.82. The van der Waals surface area contributed by atoms with Gasteiger partial charge in [0.1, 0.15) is 0 Å². The average Bonchev–Trinajstić information content (AvgIpc) is 3.13. The van der Waals surface area contributed by atoms with Crippen LogP contribution < -0.4 is 0 Å². The van der Waals surface area contributed by atoms with Gasteiger partial charge in [0.15, 0.2) is 0 Å². The summed E-state index contributed by atoms with van der Waals surface area (Å²) in [4.78, 5) is 11.6. The van der Waals surface area contributed by atoms with Crippen molar-refractivity contribution in [2.24, 2.45) is 0 Å². The minimum Gasteiger partial charge on any atom is -0.481 e. The third-order valence-electron chi connectivity index (χ3n) is 5.70. The van der Waals surface area contributed by atoms with Crippen LogP contribution in [0.15, 0.2) is 91.0 Å². The van der Waals surface area contributed by atoms with Crippen molar-refractivity contribution in [2.75, 3.05) is 0 Å². The van der Waals surface area contributed by atoms with E-state index < -0.39 is 5.97 Å². The molecule has 0 spiro atoms. The number of carboxylic acids is 1. The predicted molar refractivity (Wildman–Crippen MR) is 117 cm³/mol. The largest absolute Gasteiger partial charge is 0.481 e. The molecule has 2 nitrogen and oxygen atoms in total. The quantitative estimate of drug-likeness (QED) is 0.404. The minimum absolute atomic E-state index is 0.00657. The van der Waals surface area contributed by atoms with Crippen molar-refractivity contribution in [1.29, 1.82) is 0 Å². The van der Waals surface area contributed by atoms with Crippen LogP contribution in [0.2, 0.25) is 0 Å². The lowest BCUT2D eigenvalue weighted by Crippen LogP contribution is -2.04. The maximum absolute atomic E-state index is 11.6. The second-order valence-electron chi connectivity index (χ2n) is 7.44. The number of hydrogen-bond donors (Lipinski definition) is 1. The Balaban J connectivity index is 1.78. The van der Waals surface area contributed by atoms with Crippen LogP contribution in [0.1, 0.15) is 16.7 Å². The highest BCUT2D eigenvalue weighted by Crippen LogP contribution is 2.44. The maximum Gasteiger partial charge on any atom is 0.307 e. The van der Waals surface area contributed by atoms with Crippen molar-refractivity contribution in [2.45, 2.75) is 12.8 Å². The van der Waals surface area contributed by atoms with E-state index in [1.807, 2.05) is 30.3 Å². The van der Waals surface area contributed by atoms with Gasteiger partial charge in [-0.3, -0.25) is 4.79 Å². The zero-order chi connectivity index (χ0) is 19.8. The molecule has 0 radical (unpaired) electrons. The van der Waals surface area contributed by atoms with E-state index in [0.717, 1.165) is 34.2 Å². The summed E-state index contributed by atoms with van der Waals surface area (Å²) in [5.74, 6) is -0.813. The molecule has 0 saturated carbocycles. The third kappa shape index (κ3) is 3.03. The first-order chi connectivity index (χ1) is 14.2. The monoisotopic (exact) mass is 376 g/mol. The highest BCUT2D eigenvalue weighted by molar-refractivity contribution is 5.93. The fraction of sp³-hybridized carbons (Fsp3) is 0.0741. The Kier molecular flexibility index (Phi) is 4.25. The molecule has 0 bridgehead atoms. The summed E-state index contributed by atoms with van der Waals surface area (Å²) in [6.07, 6.45) is 0.879. The Morgan fingerprint density at radius 3 is 2.17 bits per heavy atom. The van der Waals surface area contributed by atoms with Crippen molar-refractivity contribution >= 4 is 5.97 Å². The van der Waals surface area contributed by atoms with Gasteiger partial charge in [0.05, 0.1) is 6.42 Å². The number of rotatable bonds is 4. The summed E-state index contributed by atoms with van der Waals surface area (Å²) < 4.78 is 0. The van der Waals surface area contributed by atoms with Crippen LogP contribution in [0, 0.1) is 0 Å². The van der Waals surface area contributed by atoms with E-state index in [0.29, 0.717) is 0 Å². The van der Waals surface area contributed by atoms with Gasteiger partial charge in [-0.25, -0.2) is 0 Å². The van der Waals surface area contributed by atoms with Gasteiger partial charge >= 0.3 is 5.97 Å². The Morgan fingerprint density at radius 1 is 0.690 bits per heavy atom. The minimum atomic E-state index is -0.813. The van der Waals surface area contributed by atoms with Crippen molar-refractivity contribution in [3.63, 3.8) is 0 Å². The van der Waals surface area contributed by atoms with E-state index in [1.165, 1.54) is 22.3 Å². The summed E-state index contributed by atoms with van der Waals surface area (Å²) in [6, 6.07) is 31.1. The molecular formula is C27H20O2. The standard InChI is InChI=1S/C27H20O2/c28-26(29)17-20-11-6-13-22(18-8-2-1-3-9-18)27(20)24-15-7-14-23-21-12-5-4-10-19(21)16-25(23)24/h1-15H,16-17H2,(H,28,29). The van der Waals surface area contributed by atoms with E-state index in [-0.39, 0.29) is 6.42 Å². The Bertz CT molecular complexity index is 1220. The van der Waals surface area contributed by atoms with Crippen LogP contribution in [0.5, 0.6) is 0 Å². The third-order valence-corrected chi connectivity index (χ3v) is 5.70. The first-order valence-electron chi connectivity index (χ1n) is 9.82. The smallest absolute Gasteiger partial charge is 0.307 e. The topological polar surface area (TPSA) is 37.3 Å². The molecule has 4 aromatic carbocycles. The molecule has 0 aromatic heterocycles. The SMILES string of the molecule is O=C(O)Cc1cccc(-c2ccccc2)c1-c1cccc2c1Cc1ccccc1-2. The second kappa shape index (κ2) is 7.06. The summed E-state index contributed by atoms with van der Waals surface area (Å²) in [7, 11) is 0. The van der Waals surface area contributed by atoms with E-state index in [2.05, 4.69) is 60.7 Å².